The molecule has 1 aliphatic heterocycles. The van der Waals surface area contributed by atoms with Crippen molar-refractivity contribution in [1.82, 2.24) is 4.90 Å². The highest BCUT2D eigenvalue weighted by atomic mass is 16.5. The quantitative estimate of drug-likeness (QED) is 0.777. The van der Waals surface area contributed by atoms with E-state index in [1.165, 1.54) is 0 Å². The maximum atomic E-state index is 8.77. The maximum absolute atomic E-state index is 8.77. The minimum atomic E-state index is 0.118. The third-order valence-electron chi connectivity index (χ3n) is 3.72. The lowest BCUT2D eigenvalue weighted by Gasteiger charge is -2.53. The van der Waals surface area contributed by atoms with Crippen LogP contribution in [-0.2, 0) is 4.74 Å². The van der Waals surface area contributed by atoms with Gasteiger partial charge in [-0.15, -0.1) is 0 Å². The van der Waals surface area contributed by atoms with Crippen LogP contribution in [0, 0.1) is 0 Å². The van der Waals surface area contributed by atoms with Crippen molar-refractivity contribution in [3.63, 3.8) is 0 Å². The Kier molecular flexibility index (Phi) is 3.80. The van der Waals surface area contributed by atoms with E-state index in [1.807, 2.05) is 0 Å². The largest absolute Gasteiger partial charge is 0.394 e. The molecule has 1 rings (SSSR count). The first-order valence-electron chi connectivity index (χ1n) is 5.76. The highest BCUT2D eigenvalue weighted by Crippen LogP contribution is 2.37. The summed E-state index contributed by atoms with van der Waals surface area (Å²) in [7, 11) is 2.18. The van der Waals surface area contributed by atoms with Gasteiger partial charge in [0.15, 0.2) is 0 Å². The molecule has 0 radical (unpaired) electrons. The van der Waals surface area contributed by atoms with Crippen LogP contribution < -0.4 is 0 Å². The summed E-state index contributed by atoms with van der Waals surface area (Å²) in [5.74, 6) is 0. The van der Waals surface area contributed by atoms with Crippen molar-refractivity contribution in [2.45, 2.75) is 57.7 Å². The van der Waals surface area contributed by atoms with Gasteiger partial charge >= 0.3 is 0 Å². The van der Waals surface area contributed by atoms with Gasteiger partial charge in [-0.05, 0) is 47.6 Å². The minimum Gasteiger partial charge on any atom is -0.394 e. The molecule has 15 heavy (non-hydrogen) atoms. The summed E-state index contributed by atoms with van der Waals surface area (Å²) in [4.78, 5) is 2.43. The van der Waals surface area contributed by atoms with Crippen LogP contribution in [0.15, 0.2) is 0 Å². The summed E-state index contributed by atoms with van der Waals surface area (Å²) in [6.07, 6.45) is 2.35. The molecule has 0 bridgehead atoms. The number of likely N-dealkylation sites (tertiary alicyclic amines) is 1. The molecule has 0 aromatic rings. The molecule has 1 heterocycles. The molecule has 90 valence electrons. The molecule has 0 aliphatic carbocycles. The molecule has 0 spiro atoms. The van der Waals surface area contributed by atoms with Crippen LogP contribution in [0.25, 0.3) is 0 Å². The van der Waals surface area contributed by atoms with E-state index in [0.29, 0.717) is 6.61 Å². The van der Waals surface area contributed by atoms with Gasteiger partial charge in [0.2, 0.25) is 0 Å². The summed E-state index contributed by atoms with van der Waals surface area (Å²) in [5, 5.41) is 8.77. The van der Waals surface area contributed by atoms with Crippen LogP contribution in [0.4, 0.5) is 0 Å². The Bertz CT molecular complexity index is 196. The number of hydrogen-bond donors (Lipinski definition) is 1. The summed E-state index contributed by atoms with van der Waals surface area (Å²) < 4.78 is 5.68. The first-order valence-corrected chi connectivity index (χ1v) is 5.76. The predicted octanol–water partition coefficient (Wildman–Crippen LogP) is 1.65. The van der Waals surface area contributed by atoms with Crippen molar-refractivity contribution < 1.29 is 9.84 Å². The standard InChI is InChI=1S/C12H25NO2/c1-11(2)8-10(15-7-6-14)9-12(3,4)13(11)5/h10,14H,6-9H2,1-5H3. The molecule has 1 aliphatic rings. The maximum Gasteiger partial charge on any atom is 0.0701 e. The Balaban J connectivity index is 2.66. The molecule has 1 saturated heterocycles. The Morgan fingerprint density at radius 2 is 1.67 bits per heavy atom. The van der Waals surface area contributed by atoms with Crippen molar-refractivity contribution in [3.8, 4) is 0 Å². The Labute approximate surface area is 93.4 Å². The third kappa shape index (κ3) is 2.92. The lowest BCUT2D eigenvalue weighted by Crippen LogP contribution is -2.60. The summed E-state index contributed by atoms with van der Waals surface area (Å²) in [6, 6.07) is 0. The fraction of sp³-hybridized carbons (Fsp3) is 1.00. The summed E-state index contributed by atoms with van der Waals surface area (Å²) >= 11 is 0. The van der Waals surface area contributed by atoms with E-state index in [4.69, 9.17) is 9.84 Å². The van der Waals surface area contributed by atoms with Crippen molar-refractivity contribution in [2.75, 3.05) is 20.3 Å². The summed E-state index contributed by atoms with van der Waals surface area (Å²) in [6.45, 7) is 9.59. The number of ether oxygens (including phenoxy) is 1. The van der Waals surface area contributed by atoms with Crippen molar-refractivity contribution >= 4 is 0 Å². The fourth-order valence-corrected chi connectivity index (χ4v) is 2.62. The average molecular weight is 215 g/mol. The molecule has 1 fully saturated rings. The topological polar surface area (TPSA) is 32.7 Å². The van der Waals surface area contributed by atoms with Gasteiger partial charge in [-0.2, -0.15) is 0 Å². The third-order valence-corrected chi connectivity index (χ3v) is 3.72. The molecule has 0 amide bonds. The van der Waals surface area contributed by atoms with E-state index in [-0.39, 0.29) is 23.8 Å². The molecule has 3 nitrogen and oxygen atoms in total. The lowest BCUT2D eigenvalue weighted by molar-refractivity contribution is -0.0958. The Hall–Kier alpha value is -0.120. The van der Waals surface area contributed by atoms with Crippen LogP contribution in [0.1, 0.15) is 40.5 Å². The smallest absolute Gasteiger partial charge is 0.0701 e. The second-order valence-electron chi connectivity index (χ2n) is 5.81. The molecule has 1 N–H and O–H groups in total. The number of nitrogens with zero attached hydrogens (tertiary/aromatic N) is 1. The molecule has 0 atom stereocenters. The predicted molar refractivity (Wildman–Crippen MR) is 62.0 cm³/mol. The van der Waals surface area contributed by atoms with E-state index in [0.717, 1.165) is 12.8 Å². The van der Waals surface area contributed by atoms with E-state index in [1.54, 1.807) is 0 Å². The zero-order valence-electron chi connectivity index (χ0n) is 10.7. The summed E-state index contributed by atoms with van der Waals surface area (Å²) in [5.41, 5.74) is 0.337. The first kappa shape index (κ1) is 12.9. The van der Waals surface area contributed by atoms with Gasteiger partial charge in [-0.25, -0.2) is 0 Å². The van der Waals surface area contributed by atoms with Crippen LogP contribution >= 0.6 is 0 Å². The average Bonchev–Trinajstić information content (AvgIpc) is 2.10. The van der Waals surface area contributed by atoms with E-state index < -0.39 is 0 Å². The van der Waals surface area contributed by atoms with Gasteiger partial charge in [0.05, 0.1) is 19.3 Å². The highest BCUT2D eigenvalue weighted by molar-refractivity contribution is 4.98. The van der Waals surface area contributed by atoms with E-state index >= 15 is 0 Å². The second kappa shape index (κ2) is 4.40. The van der Waals surface area contributed by atoms with E-state index in [2.05, 4.69) is 39.6 Å². The molecular formula is C12H25NO2. The monoisotopic (exact) mass is 215 g/mol. The van der Waals surface area contributed by atoms with Crippen molar-refractivity contribution in [2.24, 2.45) is 0 Å². The van der Waals surface area contributed by atoms with Crippen LogP contribution in [-0.4, -0.2) is 47.4 Å². The van der Waals surface area contributed by atoms with Crippen molar-refractivity contribution in [1.29, 1.82) is 0 Å². The SMILES string of the molecule is CN1C(C)(C)CC(OCCO)CC1(C)C. The number of aliphatic hydroxyl groups is 1. The fourth-order valence-electron chi connectivity index (χ4n) is 2.62. The molecule has 0 aromatic heterocycles. The molecular weight excluding hydrogens is 190 g/mol. The van der Waals surface area contributed by atoms with Gasteiger partial charge < -0.3 is 9.84 Å². The number of piperidine rings is 1. The zero-order chi connectivity index (χ0) is 11.7. The molecule has 0 aromatic carbocycles. The number of hydrogen-bond acceptors (Lipinski definition) is 3. The number of aliphatic hydroxyl groups excluding tert-OH is 1. The van der Waals surface area contributed by atoms with Gasteiger partial charge in [0.1, 0.15) is 0 Å². The second-order valence-corrected chi connectivity index (χ2v) is 5.81. The van der Waals surface area contributed by atoms with Crippen LogP contribution in [0.5, 0.6) is 0 Å². The van der Waals surface area contributed by atoms with E-state index in [9.17, 15) is 0 Å². The van der Waals surface area contributed by atoms with Gasteiger partial charge in [0.25, 0.3) is 0 Å². The lowest BCUT2D eigenvalue weighted by atomic mass is 9.79. The Morgan fingerprint density at radius 3 is 2.07 bits per heavy atom. The zero-order valence-corrected chi connectivity index (χ0v) is 10.7. The first-order chi connectivity index (χ1) is 6.79. The molecule has 3 heteroatoms. The van der Waals surface area contributed by atoms with Crippen LogP contribution in [0.3, 0.4) is 0 Å². The molecule has 0 saturated carbocycles. The van der Waals surface area contributed by atoms with Crippen LogP contribution in [0.2, 0.25) is 0 Å². The number of rotatable bonds is 3. The Morgan fingerprint density at radius 1 is 1.20 bits per heavy atom. The van der Waals surface area contributed by atoms with Gasteiger partial charge in [-0.3, -0.25) is 4.90 Å². The minimum absolute atomic E-state index is 0.118. The highest BCUT2D eigenvalue weighted by Gasteiger charge is 2.43. The van der Waals surface area contributed by atoms with Gasteiger partial charge in [-0.1, -0.05) is 0 Å². The van der Waals surface area contributed by atoms with Gasteiger partial charge in [0, 0.05) is 11.1 Å². The molecule has 0 unspecified atom stereocenters. The van der Waals surface area contributed by atoms with Crippen molar-refractivity contribution in [3.05, 3.63) is 0 Å². The normalized spacial score (nSPS) is 26.8.